The van der Waals surface area contributed by atoms with Crippen molar-refractivity contribution in [3.05, 3.63) is 89.8 Å². The number of amides is 1. The smallest absolute Gasteiger partial charge is 0.241 e. The van der Waals surface area contributed by atoms with Crippen LogP contribution in [0.15, 0.2) is 83.4 Å². The van der Waals surface area contributed by atoms with E-state index in [0.29, 0.717) is 23.3 Å². The van der Waals surface area contributed by atoms with Gasteiger partial charge in [-0.25, -0.2) is 0 Å². The number of aromatic nitrogens is 2. The Hall–Kier alpha value is -3.48. The van der Waals surface area contributed by atoms with E-state index in [1.807, 2.05) is 60.7 Å². The maximum atomic E-state index is 13.0. The van der Waals surface area contributed by atoms with Gasteiger partial charge in [-0.2, -0.15) is 4.98 Å². The van der Waals surface area contributed by atoms with Gasteiger partial charge in [0.05, 0.1) is 11.6 Å². The first-order valence-corrected chi connectivity index (χ1v) is 11.8. The molecule has 2 heterocycles. The molecule has 172 valence electrons. The summed E-state index contributed by atoms with van der Waals surface area (Å²) in [5.41, 5.74) is 3.72. The van der Waals surface area contributed by atoms with Gasteiger partial charge < -0.3 is 9.84 Å². The predicted octanol–water partition coefficient (Wildman–Crippen LogP) is 5.91. The monoisotopic (exact) mass is 472 g/mol. The Balaban J connectivity index is 1.17. The fourth-order valence-electron chi connectivity index (χ4n) is 4.31. The second kappa shape index (κ2) is 10.2. The maximum absolute atomic E-state index is 13.0. The lowest BCUT2D eigenvalue weighted by atomic mass is 9.95. The molecule has 1 amide bonds. The third-order valence-electron chi connectivity index (χ3n) is 6.17. The Bertz CT molecular complexity index is 1270. The van der Waals surface area contributed by atoms with Gasteiger partial charge in [-0.05, 0) is 49.7 Å². The number of halogens is 1. The molecular formula is C27H25ClN4O2. The van der Waals surface area contributed by atoms with Crippen molar-refractivity contribution in [2.75, 3.05) is 18.4 Å². The van der Waals surface area contributed by atoms with Gasteiger partial charge in [0.15, 0.2) is 0 Å². The van der Waals surface area contributed by atoms with E-state index in [0.717, 1.165) is 48.3 Å². The topological polar surface area (TPSA) is 71.3 Å². The average Bonchev–Trinajstić information content (AvgIpc) is 3.34. The van der Waals surface area contributed by atoms with Gasteiger partial charge >= 0.3 is 0 Å². The van der Waals surface area contributed by atoms with E-state index in [-0.39, 0.29) is 11.8 Å². The third kappa shape index (κ3) is 5.03. The van der Waals surface area contributed by atoms with Gasteiger partial charge in [-0.1, -0.05) is 77.4 Å². The highest BCUT2D eigenvalue weighted by Crippen LogP contribution is 2.29. The number of piperidine rings is 1. The van der Waals surface area contributed by atoms with Crippen molar-refractivity contribution in [1.29, 1.82) is 0 Å². The van der Waals surface area contributed by atoms with Crippen LogP contribution in [0.1, 0.15) is 18.7 Å². The highest BCUT2D eigenvalue weighted by atomic mass is 35.5. The zero-order valence-corrected chi connectivity index (χ0v) is 19.4. The first-order valence-electron chi connectivity index (χ1n) is 11.4. The number of nitrogens with one attached hydrogen (secondary N) is 1. The van der Waals surface area contributed by atoms with E-state index < -0.39 is 0 Å². The summed E-state index contributed by atoms with van der Waals surface area (Å²) in [4.78, 5) is 19.8. The molecule has 1 aliphatic heterocycles. The van der Waals surface area contributed by atoms with Crippen LogP contribution in [0.25, 0.3) is 22.5 Å². The van der Waals surface area contributed by atoms with Crippen molar-refractivity contribution in [3.8, 4) is 22.5 Å². The molecule has 1 aliphatic rings. The summed E-state index contributed by atoms with van der Waals surface area (Å²) in [6.45, 7) is 2.15. The number of carbonyl (C=O) groups excluding carboxylic acids is 1. The molecule has 0 unspecified atom stereocenters. The van der Waals surface area contributed by atoms with Gasteiger partial charge in [0, 0.05) is 22.7 Å². The molecule has 6 nitrogen and oxygen atoms in total. The van der Waals surface area contributed by atoms with Crippen LogP contribution in [-0.4, -0.2) is 34.0 Å². The summed E-state index contributed by atoms with van der Waals surface area (Å²) in [7, 11) is 0. The van der Waals surface area contributed by atoms with Crippen molar-refractivity contribution in [2.24, 2.45) is 5.92 Å². The van der Waals surface area contributed by atoms with Crippen LogP contribution >= 0.6 is 11.6 Å². The average molecular weight is 473 g/mol. The van der Waals surface area contributed by atoms with Crippen molar-refractivity contribution in [1.82, 2.24) is 15.0 Å². The fraction of sp³-hybridized carbons (Fsp3) is 0.222. The number of anilines is 1. The van der Waals surface area contributed by atoms with Crippen LogP contribution in [0.3, 0.4) is 0 Å². The summed E-state index contributed by atoms with van der Waals surface area (Å²) in [6.07, 6.45) is 1.57. The van der Waals surface area contributed by atoms with E-state index in [2.05, 4.69) is 32.5 Å². The number of likely N-dealkylation sites (tertiary alicyclic amines) is 1. The molecule has 0 spiro atoms. The number of benzene rings is 3. The fourth-order valence-corrected chi connectivity index (χ4v) is 4.53. The summed E-state index contributed by atoms with van der Waals surface area (Å²) in [6, 6.07) is 25.5. The second-order valence-corrected chi connectivity index (χ2v) is 8.85. The Morgan fingerprint density at radius 1 is 0.941 bits per heavy atom. The molecule has 0 atom stereocenters. The summed E-state index contributed by atoms with van der Waals surface area (Å²) in [5.74, 6) is 1.09. The van der Waals surface area contributed by atoms with Crippen LogP contribution in [0.2, 0.25) is 5.02 Å². The highest BCUT2D eigenvalue weighted by Gasteiger charge is 2.26. The van der Waals surface area contributed by atoms with E-state index in [9.17, 15) is 4.79 Å². The molecule has 1 aromatic heterocycles. The second-order valence-electron chi connectivity index (χ2n) is 8.44. The number of hydrogen-bond donors (Lipinski definition) is 1. The number of hydrogen-bond acceptors (Lipinski definition) is 5. The van der Waals surface area contributed by atoms with E-state index in [1.54, 1.807) is 6.07 Å². The lowest BCUT2D eigenvalue weighted by molar-refractivity contribution is -0.121. The van der Waals surface area contributed by atoms with E-state index in [1.165, 1.54) is 0 Å². The molecule has 4 aromatic rings. The molecule has 1 N–H and O–H groups in total. The normalized spacial score (nSPS) is 14.7. The van der Waals surface area contributed by atoms with Crippen molar-refractivity contribution < 1.29 is 9.32 Å². The molecule has 5 rings (SSSR count). The molecule has 0 bridgehead atoms. The predicted molar refractivity (Wildman–Crippen MR) is 133 cm³/mol. The SMILES string of the molecule is O=C(Nc1ccccc1-c1ccccc1)C1CCN(Cc2nc(-c3ccccc3Cl)no2)CC1. The largest absolute Gasteiger partial charge is 0.338 e. The maximum Gasteiger partial charge on any atom is 0.241 e. The standard InChI is InChI=1S/C27H25ClN4O2/c28-23-12-6-4-11-22(23)26-30-25(34-31-26)18-32-16-14-20(15-17-32)27(33)29-24-13-7-5-10-21(24)19-8-2-1-3-9-19/h1-13,20H,14-18H2,(H,29,33). The Kier molecular flexibility index (Phi) is 6.70. The van der Waals surface area contributed by atoms with Gasteiger partial charge in [-0.3, -0.25) is 9.69 Å². The van der Waals surface area contributed by atoms with Crippen LogP contribution < -0.4 is 5.32 Å². The van der Waals surface area contributed by atoms with Crippen LogP contribution in [0, 0.1) is 5.92 Å². The summed E-state index contributed by atoms with van der Waals surface area (Å²) in [5, 5.41) is 7.83. The number of carbonyl (C=O) groups is 1. The van der Waals surface area contributed by atoms with Crippen molar-refractivity contribution in [2.45, 2.75) is 19.4 Å². The zero-order chi connectivity index (χ0) is 23.3. The molecule has 1 saturated heterocycles. The van der Waals surface area contributed by atoms with Gasteiger partial charge in [0.2, 0.25) is 17.6 Å². The Labute approximate surface area is 203 Å². The zero-order valence-electron chi connectivity index (χ0n) is 18.7. The summed E-state index contributed by atoms with van der Waals surface area (Å²) >= 11 is 6.24. The quantitative estimate of drug-likeness (QED) is 0.378. The Morgan fingerprint density at radius 3 is 2.38 bits per heavy atom. The Morgan fingerprint density at radius 2 is 1.62 bits per heavy atom. The van der Waals surface area contributed by atoms with Crippen LogP contribution in [0.5, 0.6) is 0 Å². The first-order chi connectivity index (χ1) is 16.7. The van der Waals surface area contributed by atoms with Crippen molar-refractivity contribution in [3.63, 3.8) is 0 Å². The molecule has 1 fully saturated rings. The van der Waals surface area contributed by atoms with E-state index in [4.69, 9.17) is 16.1 Å². The highest BCUT2D eigenvalue weighted by molar-refractivity contribution is 6.33. The minimum absolute atomic E-state index is 0.0264. The number of para-hydroxylation sites is 1. The van der Waals surface area contributed by atoms with E-state index >= 15 is 0 Å². The summed E-state index contributed by atoms with van der Waals surface area (Å²) < 4.78 is 5.44. The third-order valence-corrected chi connectivity index (χ3v) is 6.50. The number of rotatable bonds is 6. The molecule has 0 aliphatic carbocycles. The first kappa shape index (κ1) is 22.3. The number of nitrogens with zero attached hydrogens (tertiary/aromatic N) is 3. The molecule has 34 heavy (non-hydrogen) atoms. The molecular weight excluding hydrogens is 448 g/mol. The van der Waals surface area contributed by atoms with Gasteiger partial charge in [-0.15, -0.1) is 0 Å². The van der Waals surface area contributed by atoms with Gasteiger partial charge in [0.25, 0.3) is 0 Å². The lowest BCUT2D eigenvalue weighted by Crippen LogP contribution is -2.37. The minimum Gasteiger partial charge on any atom is -0.338 e. The van der Waals surface area contributed by atoms with Crippen molar-refractivity contribution >= 4 is 23.2 Å². The molecule has 7 heteroatoms. The lowest BCUT2D eigenvalue weighted by Gasteiger charge is -2.30. The molecule has 0 saturated carbocycles. The van der Waals surface area contributed by atoms with Gasteiger partial charge in [0.1, 0.15) is 0 Å². The molecule has 0 radical (unpaired) electrons. The minimum atomic E-state index is -0.0264. The van der Waals surface area contributed by atoms with Crippen LogP contribution in [0.4, 0.5) is 5.69 Å². The molecule has 3 aromatic carbocycles. The van der Waals surface area contributed by atoms with Crippen LogP contribution in [-0.2, 0) is 11.3 Å².